The fraction of sp³-hybridized carbons (Fsp3) is 0.452. The first-order valence-electron chi connectivity index (χ1n) is 14.0. The Hall–Kier alpha value is -3.23. The molecule has 0 radical (unpaired) electrons. The smallest absolute Gasteiger partial charge is 0.256 e. The maximum Gasteiger partial charge on any atom is 0.256 e. The monoisotopic (exact) mass is 564 g/mol. The van der Waals surface area contributed by atoms with Gasteiger partial charge in [-0.2, -0.15) is 0 Å². The van der Waals surface area contributed by atoms with E-state index < -0.39 is 11.7 Å². The Morgan fingerprint density at radius 3 is 2.65 bits per heavy atom. The number of piperidine rings is 1. The second-order valence-electron chi connectivity index (χ2n) is 11.6. The summed E-state index contributed by atoms with van der Waals surface area (Å²) in [5.41, 5.74) is 4.82. The topological polar surface area (TPSA) is 78.7 Å². The van der Waals surface area contributed by atoms with E-state index in [1.165, 1.54) is 23.8 Å². The van der Waals surface area contributed by atoms with Gasteiger partial charge in [0.05, 0.1) is 22.3 Å². The van der Waals surface area contributed by atoms with Crippen LogP contribution in [-0.4, -0.2) is 52.9 Å². The number of carbonyl (C=O) groups is 2. The van der Waals surface area contributed by atoms with Gasteiger partial charge >= 0.3 is 0 Å². The van der Waals surface area contributed by atoms with Gasteiger partial charge in [-0.05, 0) is 99.8 Å². The number of aryl methyl sites for hydroxylation is 3. The van der Waals surface area contributed by atoms with Gasteiger partial charge in [-0.1, -0.05) is 28.9 Å². The van der Waals surface area contributed by atoms with Crippen LogP contribution in [0.3, 0.4) is 0 Å². The molecule has 2 fully saturated rings. The van der Waals surface area contributed by atoms with Crippen LogP contribution in [0, 0.1) is 25.1 Å². The predicted molar refractivity (Wildman–Crippen MR) is 150 cm³/mol. The van der Waals surface area contributed by atoms with Crippen molar-refractivity contribution in [1.82, 2.24) is 20.3 Å². The van der Waals surface area contributed by atoms with Crippen molar-refractivity contribution in [3.8, 4) is 0 Å². The molecule has 2 amide bonds. The number of aromatic nitrogens is 1. The molecule has 3 aliphatic rings. The molecule has 6 rings (SSSR count). The number of hydrogen-bond acceptors (Lipinski definition) is 5. The highest BCUT2D eigenvalue weighted by Gasteiger charge is 2.42. The van der Waals surface area contributed by atoms with Gasteiger partial charge in [0.1, 0.15) is 11.6 Å². The molecule has 0 saturated carbocycles. The molecular formula is C31H34ClFN4O3. The van der Waals surface area contributed by atoms with Crippen molar-refractivity contribution >= 4 is 23.4 Å². The molecule has 210 valence electrons. The van der Waals surface area contributed by atoms with Gasteiger partial charge in [-0.25, -0.2) is 4.39 Å². The van der Waals surface area contributed by atoms with Crippen molar-refractivity contribution < 1.29 is 18.5 Å². The van der Waals surface area contributed by atoms with E-state index in [0.29, 0.717) is 12.0 Å². The molecule has 3 heterocycles. The molecule has 2 aliphatic heterocycles. The maximum atomic E-state index is 14.3. The number of benzene rings is 2. The lowest BCUT2D eigenvalue weighted by Crippen LogP contribution is -2.42. The van der Waals surface area contributed by atoms with E-state index in [0.717, 1.165) is 81.0 Å². The van der Waals surface area contributed by atoms with Gasteiger partial charge in [0.25, 0.3) is 11.8 Å². The Bertz CT molecular complexity index is 1420. The second-order valence-corrected chi connectivity index (χ2v) is 12.0. The van der Waals surface area contributed by atoms with Crippen LogP contribution in [0.15, 0.2) is 40.9 Å². The summed E-state index contributed by atoms with van der Waals surface area (Å²) in [7, 11) is 0. The van der Waals surface area contributed by atoms with E-state index in [1.807, 2.05) is 36.9 Å². The molecule has 2 saturated heterocycles. The minimum Gasteiger partial charge on any atom is -0.361 e. The number of fused-ring (bicyclic) bond motifs is 1. The highest BCUT2D eigenvalue weighted by molar-refractivity contribution is 6.33. The van der Waals surface area contributed by atoms with Crippen LogP contribution in [0.5, 0.6) is 0 Å². The number of hydrogen-bond donors (Lipinski definition) is 1. The Labute approximate surface area is 238 Å². The van der Waals surface area contributed by atoms with Crippen molar-refractivity contribution in [3.63, 3.8) is 0 Å². The molecule has 7 nitrogen and oxygen atoms in total. The van der Waals surface area contributed by atoms with Crippen molar-refractivity contribution in [1.29, 1.82) is 0 Å². The van der Waals surface area contributed by atoms with Crippen molar-refractivity contribution in [2.24, 2.45) is 5.41 Å². The molecule has 1 atom stereocenters. The Balaban J connectivity index is 1.10. The molecule has 1 spiro atoms. The molecule has 3 aromatic rings. The van der Waals surface area contributed by atoms with Gasteiger partial charge in [-0.3, -0.25) is 14.5 Å². The molecule has 1 unspecified atom stereocenters. The highest BCUT2D eigenvalue weighted by Crippen LogP contribution is 2.41. The van der Waals surface area contributed by atoms with Crippen molar-refractivity contribution in [2.45, 2.75) is 58.5 Å². The van der Waals surface area contributed by atoms with Crippen molar-refractivity contribution in [2.75, 3.05) is 26.2 Å². The number of likely N-dealkylation sites (tertiary alicyclic amines) is 2. The van der Waals surface area contributed by atoms with E-state index in [4.69, 9.17) is 16.1 Å². The van der Waals surface area contributed by atoms with Crippen molar-refractivity contribution in [3.05, 3.63) is 86.5 Å². The lowest BCUT2D eigenvalue weighted by atomic mass is 9.77. The first kappa shape index (κ1) is 27.0. The van der Waals surface area contributed by atoms with E-state index in [-0.39, 0.29) is 28.0 Å². The fourth-order valence-electron chi connectivity index (χ4n) is 6.67. The first-order valence-corrected chi connectivity index (χ1v) is 14.4. The third-order valence-electron chi connectivity index (χ3n) is 9.17. The number of halogens is 2. The number of rotatable bonds is 5. The Morgan fingerprint density at radius 2 is 1.93 bits per heavy atom. The maximum absolute atomic E-state index is 14.3. The summed E-state index contributed by atoms with van der Waals surface area (Å²) in [6, 6.07) is 9.72. The Morgan fingerprint density at radius 1 is 1.15 bits per heavy atom. The summed E-state index contributed by atoms with van der Waals surface area (Å²) >= 11 is 6.10. The van der Waals surface area contributed by atoms with Crippen LogP contribution in [0.1, 0.15) is 80.6 Å². The molecule has 1 N–H and O–H groups in total. The highest BCUT2D eigenvalue weighted by atomic mass is 35.5. The van der Waals surface area contributed by atoms with Gasteiger partial charge in [-0.15, -0.1) is 0 Å². The summed E-state index contributed by atoms with van der Waals surface area (Å²) in [5, 5.41) is 7.10. The molecule has 1 aromatic heterocycles. The summed E-state index contributed by atoms with van der Waals surface area (Å²) in [6.45, 7) is 8.34. The lowest BCUT2D eigenvalue weighted by molar-refractivity contribution is 0.0713. The van der Waals surface area contributed by atoms with Gasteiger partial charge in [0, 0.05) is 30.8 Å². The molecule has 0 bridgehead atoms. The minimum absolute atomic E-state index is 0.0342. The lowest BCUT2D eigenvalue weighted by Gasteiger charge is -2.39. The number of carbonyl (C=O) groups excluding carboxylic acids is 2. The second kappa shape index (κ2) is 10.6. The third-order valence-corrected chi connectivity index (χ3v) is 9.49. The van der Waals surface area contributed by atoms with Crippen LogP contribution >= 0.6 is 11.6 Å². The molecule has 1 aliphatic carbocycles. The van der Waals surface area contributed by atoms with Crippen LogP contribution in [0.2, 0.25) is 5.02 Å². The quantitative estimate of drug-likeness (QED) is 0.434. The van der Waals surface area contributed by atoms with Gasteiger partial charge in [0.15, 0.2) is 0 Å². The summed E-state index contributed by atoms with van der Waals surface area (Å²) in [4.78, 5) is 30.9. The van der Waals surface area contributed by atoms with Crippen LogP contribution in [0.4, 0.5) is 4.39 Å². The number of nitrogens with one attached hydrogen (secondary N) is 1. The molecule has 9 heteroatoms. The zero-order chi connectivity index (χ0) is 28.0. The zero-order valence-electron chi connectivity index (χ0n) is 22.9. The van der Waals surface area contributed by atoms with E-state index in [9.17, 15) is 14.0 Å². The standard InChI is InChI=1S/C31H34ClFN4O3/c1-19-24(20(2)40-35-19)17-36-13-10-31(11-14-36)12-15-37(18-31)30(39)22-7-6-21-8-9-27(23(21)16-22)34-29(38)28-25(32)4-3-5-26(28)33/h3-7,16,27H,8-15,17-18H2,1-2H3,(H,34,38). The van der Waals surface area contributed by atoms with E-state index in [2.05, 4.69) is 15.4 Å². The normalized spacial score (nSPS) is 20.2. The van der Waals surface area contributed by atoms with Crippen LogP contribution < -0.4 is 5.32 Å². The van der Waals surface area contributed by atoms with E-state index in [1.54, 1.807) is 0 Å². The first-order chi connectivity index (χ1) is 19.2. The predicted octanol–water partition coefficient (Wildman–Crippen LogP) is 5.63. The van der Waals surface area contributed by atoms with Gasteiger partial charge in [0.2, 0.25) is 0 Å². The largest absolute Gasteiger partial charge is 0.361 e. The SMILES string of the molecule is Cc1noc(C)c1CN1CCC2(CC1)CCN(C(=O)c1ccc3c(c1)C(NC(=O)c1c(F)cccc1Cl)CC3)C2. The van der Waals surface area contributed by atoms with E-state index >= 15 is 0 Å². The van der Waals surface area contributed by atoms with Crippen LogP contribution in [0.25, 0.3) is 0 Å². The molecular weight excluding hydrogens is 531 g/mol. The molecule has 40 heavy (non-hydrogen) atoms. The van der Waals surface area contributed by atoms with Crippen LogP contribution in [-0.2, 0) is 13.0 Å². The summed E-state index contributed by atoms with van der Waals surface area (Å²) < 4.78 is 19.6. The minimum atomic E-state index is -0.648. The third kappa shape index (κ3) is 5.03. The number of nitrogens with zero attached hydrogens (tertiary/aromatic N) is 3. The molecule has 2 aromatic carbocycles. The summed E-state index contributed by atoms with van der Waals surface area (Å²) in [6.07, 6.45) is 4.64. The Kier molecular flexibility index (Phi) is 7.17. The zero-order valence-corrected chi connectivity index (χ0v) is 23.7. The average molecular weight is 565 g/mol. The number of amides is 2. The van der Waals surface area contributed by atoms with Gasteiger partial charge < -0.3 is 14.7 Å². The average Bonchev–Trinajstić information content (AvgIpc) is 3.63. The summed E-state index contributed by atoms with van der Waals surface area (Å²) in [5.74, 6) is -0.265. The fourth-order valence-corrected chi connectivity index (χ4v) is 6.92.